The number of rotatable bonds is 8. The third-order valence-corrected chi connectivity index (χ3v) is 4.72. The number of carbonyl (C=O) groups is 1. The third-order valence-electron chi connectivity index (χ3n) is 4.72. The van der Waals surface area contributed by atoms with Gasteiger partial charge in [-0.1, -0.05) is 56.3 Å². The first-order valence-corrected chi connectivity index (χ1v) is 8.94. The Bertz CT molecular complexity index is 649. The van der Waals surface area contributed by atoms with Gasteiger partial charge < -0.3 is 9.64 Å². The zero-order valence-corrected chi connectivity index (χ0v) is 15.7. The molecule has 0 saturated heterocycles. The number of carbonyl (C=O) groups excluding carboxylic acids is 1. The fourth-order valence-corrected chi connectivity index (χ4v) is 3.18. The first-order chi connectivity index (χ1) is 12.0. The fraction of sp³-hybridized carbons (Fsp3) is 0.409. The molecule has 1 amide bonds. The van der Waals surface area contributed by atoms with Crippen LogP contribution in [-0.4, -0.2) is 24.5 Å². The van der Waals surface area contributed by atoms with Crippen molar-refractivity contribution in [2.75, 3.05) is 13.7 Å². The summed E-state index contributed by atoms with van der Waals surface area (Å²) in [4.78, 5) is 14.0. The van der Waals surface area contributed by atoms with Gasteiger partial charge >= 0.3 is 0 Å². The van der Waals surface area contributed by atoms with E-state index >= 15 is 0 Å². The van der Waals surface area contributed by atoms with Crippen molar-refractivity contribution in [1.82, 2.24) is 4.90 Å². The van der Waals surface area contributed by atoms with Gasteiger partial charge in [0.05, 0.1) is 7.11 Å². The van der Waals surface area contributed by atoms with Crippen LogP contribution >= 0.6 is 0 Å². The second kappa shape index (κ2) is 9.26. The highest BCUT2D eigenvalue weighted by atomic mass is 16.5. The molecule has 2 aromatic rings. The van der Waals surface area contributed by atoms with E-state index in [-0.39, 0.29) is 5.91 Å². The van der Waals surface area contributed by atoms with Gasteiger partial charge in [0.2, 0.25) is 5.91 Å². The van der Waals surface area contributed by atoms with E-state index in [9.17, 15) is 4.79 Å². The average molecular weight is 339 g/mol. The molecule has 0 aliphatic rings. The van der Waals surface area contributed by atoms with Crippen LogP contribution in [0.3, 0.4) is 0 Å². The van der Waals surface area contributed by atoms with E-state index in [1.165, 1.54) is 11.1 Å². The number of hydrogen-bond donors (Lipinski definition) is 0. The maximum atomic E-state index is 12.1. The second-order valence-electron chi connectivity index (χ2n) is 6.84. The van der Waals surface area contributed by atoms with E-state index in [4.69, 9.17) is 4.74 Å². The molecule has 0 N–H and O–H groups in total. The normalized spacial score (nSPS) is 12.0. The van der Waals surface area contributed by atoms with Gasteiger partial charge in [0.25, 0.3) is 0 Å². The maximum absolute atomic E-state index is 12.1. The van der Waals surface area contributed by atoms with Crippen LogP contribution in [0.2, 0.25) is 0 Å². The second-order valence-corrected chi connectivity index (χ2v) is 6.84. The maximum Gasteiger partial charge on any atom is 0.219 e. The first-order valence-electron chi connectivity index (χ1n) is 8.94. The zero-order valence-electron chi connectivity index (χ0n) is 15.7. The fourth-order valence-electron chi connectivity index (χ4n) is 3.18. The molecule has 134 valence electrons. The van der Waals surface area contributed by atoms with Crippen LogP contribution in [0.25, 0.3) is 0 Å². The van der Waals surface area contributed by atoms with E-state index in [0.717, 1.165) is 18.7 Å². The summed E-state index contributed by atoms with van der Waals surface area (Å²) >= 11 is 0. The molecular weight excluding hydrogens is 310 g/mol. The lowest BCUT2D eigenvalue weighted by atomic mass is 9.85. The minimum Gasteiger partial charge on any atom is -0.497 e. The van der Waals surface area contributed by atoms with Gasteiger partial charge in [-0.3, -0.25) is 4.79 Å². The van der Waals surface area contributed by atoms with Crippen molar-refractivity contribution in [3.8, 4) is 5.75 Å². The molecule has 0 aliphatic carbocycles. The number of benzene rings is 2. The Kier molecular flexibility index (Phi) is 7.05. The standard InChI is InChI=1S/C22H29NO2/c1-17(2)22(20-10-12-21(25-4)13-11-20)14-15-23(18(3)24)16-19-8-6-5-7-9-19/h5-13,17,22H,14-16H2,1-4H3. The third kappa shape index (κ3) is 5.63. The molecule has 0 aliphatic heterocycles. The molecule has 1 unspecified atom stereocenters. The number of hydrogen-bond acceptors (Lipinski definition) is 2. The molecular formula is C22H29NO2. The lowest BCUT2D eigenvalue weighted by Gasteiger charge is -2.27. The quantitative estimate of drug-likeness (QED) is 0.686. The highest BCUT2D eigenvalue weighted by molar-refractivity contribution is 5.73. The molecule has 2 aromatic carbocycles. The summed E-state index contributed by atoms with van der Waals surface area (Å²) in [5, 5.41) is 0. The molecule has 3 heteroatoms. The molecule has 0 bridgehead atoms. The molecule has 0 fully saturated rings. The van der Waals surface area contributed by atoms with Crippen LogP contribution in [0.1, 0.15) is 44.2 Å². The van der Waals surface area contributed by atoms with Crippen LogP contribution in [0, 0.1) is 5.92 Å². The Balaban J connectivity index is 2.05. The zero-order chi connectivity index (χ0) is 18.2. The van der Waals surface area contributed by atoms with Crippen molar-refractivity contribution in [1.29, 1.82) is 0 Å². The van der Waals surface area contributed by atoms with E-state index in [0.29, 0.717) is 18.4 Å². The first kappa shape index (κ1) is 19.0. The molecule has 25 heavy (non-hydrogen) atoms. The Morgan fingerprint density at radius 1 is 1.04 bits per heavy atom. The molecule has 0 spiro atoms. The largest absolute Gasteiger partial charge is 0.497 e. The van der Waals surface area contributed by atoms with Crippen LogP contribution in [0.15, 0.2) is 54.6 Å². The molecule has 3 nitrogen and oxygen atoms in total. The molecule has 0 saturated carbocycles. The average Bonchev–Trinajstić information content (AvgIpc) is 2.62. The van der Waals surface area contributed by atoms with Crippen molar-refractivity contribution in [3.63, 3.8) is 0 Å². The lowest BCUT2D eigenvalue weighted by Crippen LogP contribution is -2.30. The summed E-state index contributed by atoms with van der Waals surface area (Å²) in [7, 11) is 1.68. The smallest absolute Gasteiger partial charge is 0.219 e. The summed E-state index contributed by atoms with van der Waals surface area (Å²) in [6.07, 6.45) is 0.955. The van der Waals surface area contributed by atoms with Gasteiger partial charge in [-0.05, 0) is 41.5 Å². The molecule has 2 rings (SSSR count). The Hall–Kier alpha value is -2.29. The highest BCUT2D eigenvalue weighted by Crippen LogP contribution is 2.29. The number of nitrogens with zero attached hydrogens (tertiary/aromatic N) is 1. The van der Waals surface area contributed by atoms with Gasteiger partial charge in [-0.2, -0.15) is 0 Å². The predicted molar refractivity (Wildman–Crippen MR) is 103 cm³/mol. The highest BCUT2D eigenvalue weighted by Gasteiger charge is 2.18. The van der Waals surface area contributed by atoms with E-state index in [1.807, 2.05) is 35.2 Å². The van der Waals surface area contributed by atoms with Crippen LogP contribution in [0.4, 0.5) is 0 Å². The van der Waals surface area contributed by atoms with E-state index < -0.39 is 0 Å². The van der Waals surface area contributed by atoms with Crippen molar-refractivity contribution < 1.29 is 9.53 Å². The van der Waals surface area contributed by atoms with Crippen molar-refractivity contribution in [2.45, 2.75) is 39.7 Å². The molecule has 0 radical (unpaired) electrons. The van der Waals surface area contributed by atoms with Crippen molar-refractivity contribution in [2.24, 2.45) is 5.92 Å². The minimum atomic E-state index is 0.126. The van der Waals surface area contributed by atoms with Gasteiger partial charge in [0.1, 0.15) is 5.75 Å². The predicted octanol–water partition coefficient (Wildman–Crippen LogP) is 4.87. The van der Waals surface area contributed by atoms with Gasteiger partial charge in [-0.25, -0.2) is 0 Å². The Labute approximate surface area is 151 Å². The summed E-state index contributed by atoms with van der Waals surface area (Å²) in [5.41, 5.74) is 2.47. The van der Waals surface area contributed by atoms with Gasteiger partial charge in [0.15, 0.2) is 0 Å². The molecule has 0 heterocycles. The molecule has 0 aromatic heterocycles. The summed E-state index contributed by atoms with van der Waals surface area (Å²) < 4.78 is 5.25. The summed E-state index contributed by atoms with van der Waals surface area (Å²) in [6.45, 7) is 7.57. The SMILES string of the molecule is COc1ccc(C(CCN(Cc2ccccc2)C(C)=O)C(C)C)cc1. The van der Waals surface area contributed by atoms with Crippen LogP contribution in [-0.2, 0) is 11.3 Å². The topological polar surface area (TPSA) is 29.5 Å². The van der Waals surface area contributed by atoms with Crippen LogP contribution < -0.4 is 4.74 Å². The Morgan fingerprint density at radius 3 is 2.20 bits per heavy atom. The van der Waals surface area contributed by atoms with E-state index in [2.05, 4.69) is 38.1 Å². The number of ether oxygens (including phenoxy) is 1. The van der Waals surface area contributed by atoms with Crippen molar-refractivity contribution >= 4 is 5.91 Å². The van der Waals surface area contributed by atoms with E-state index in [1.54, 1.807) is 14.0 Å². The summed E-state index contributed by atoms with van der Waals surface area (Å²) in [6, 6.07) is 18.5. The minimum absolute atomic E-state index is 0.126. The lowest BCUT2D eigenvalue weighted by molar-refractivity contribution is -0.129. The van der Waals surface area contributed by atoms with Gasteiger partial charge in [-0.15, -0.1) is 0 Å². The number of methoxy groups -OCH3 is 1. The summed E-state index contributed by atoms with van der Waals surface area (Å²) in [5.74, 6) is 1.93. The van der Waals surface area contributed by atoms with Gasteiger partial charge in [0, 0.05) is 20.0 Å². The Morgan fingerprint density at radius 2 is 1.68 bits per heavy atom. The van der Waals surface area contributed by atoms with Crippen molar-refractivity contribution in [3.05, 3.63) is 65.7 Å². The van der Waals surface area contributed by atoms with Crippen LogP contribution in [0.5, 0.6) is 5.75 Å². The number of amides is 1. The molecule has 1 atom stereocenters. The monoisotopic (exact) mass is 339 g/mol.